The molecule has 0 radical (unpaired) electrons. The molecule has 1 atom stereocenters. The number of para-hydroxylation sites is 1. The Kier molecular flexibility index (Phi) is 5.71. The summed E-state index contributed by atoms with van der Waals surface area (Å²) in [4.78, 5) is 4.63. The van der Waals surface area contributed by atoms with Gasteiger partial charge < -0.3 is 14.2 Å². The third kappa shape index (κ3) is 4.19. The van der Waals surface area contributed by atoms with Gasteiger partial charge >= 0.3 is 0 Å². The van der Waals surface area contributed by atoms with Gasteiger partial charge in [0.1, 0.15) is 17.4 Å². The highest BCUT2D eigenvalue weighted by Gasteiger charge is 2.26. The highest BCUT2D eigenvalue weighted by molar-refractivity contribution is 5.33. The summed E-state index contributed by atoms with van der Waals surface area (Å²) in [5.41, 5.74) is 1.25. The summed E-state index contributed by atoms with van der Waals surface area (Å²) in [5.74, 6) is 3.55. The minimum atomic E-state index is 0.442. The second-order valence-corrected chi connectivity index (χ2v) is 7.16. The van der Waals surface area contributed by atoms with E-state index in [1.54, 1.807) is 7.11 Å². The van der Waals surface area contributed by atoms with Crippen molar-refractivity contribution in [3.8, 4) is 5.75 Å². The zero-order valence-corrected chi connectivity index (χ0v) is 15.8. The van der Waals surface area contributed by atoms with Crippen molar-refractivity contribution in [2.45, 2.75) is 31.8 Å². The van der Waals surface area contributed by atoms with Crippen LogP contribution in [0.25, 0.3) is 0 Å². The van der Waals surface area contributed by atoms with Crippen LogP contribution in [0.4, 0.5) is 0 Å². The predicted octanol–water partition coefficient (Wildman–Crippen LogP) is 2.26. The standard InChI is InChI=1S/C19H29N5O/c1-22(2)14-18-20-21-19(23(18)3)16-9-7-11-24(13-16)12-15-8-5-6-10-17(15)25-4/h5-6,8,10,16H,7,9,11-14H2,1-4H3/t16-/m0/s1. The van der Waals surface area contributed by atoms with Crippen molar-refractivity contribution < 1.29 is 4.74 Å². The Balaban J connectivity index is 1.70. The number of methoxy groups -OCH3 is 1. The Labute approximate surface area is 150 Å². The van der Waals surface area contributed by atoms with Crippen LogP contribution in [0.3, 0.4) is 0 Å². The Morgan fingerprint density at radius 3 is 2.80 bits per heavy atom. The van der Waals surface area contributed by atoms with E-state index in [1.165, 1.54) is 18.4 Å². The van der Waals surface area contributed by atoms with Crippen LogP contribution in [0.5, 0.6) is 5.75 Å². The van der Waals surface area contributed by atoms with E-state index in [1.807, 2.05) is 12.1 Å². The molecule has 25 heavy (non-hydrogen) atoms. The number of likely N-dealkylation sites (tertiary alicyclic amines) is 1. The number of aromatic nitrogens is 3. The lowest BCUT2D eigenvalue weighted by Crippen LogP contribution is -2.35. The van der Waals surface area contributed by atoms with Crippen molar-refractivity contribution in [1.82, 2.24) is 24.6 Å². The maximum Gasteiger partial charge on any atom is 0.146 e. The molecule has 0 bridgehead atoms. The quantitative estimate of drug-likeness (QED) is 0.805. The van der Waals surface area contributed by atoms with Crippen LogP contribution in [0.2, 0.25) is 0 Å². The smallest absolute Gasteiger partial charge is 0.146 e. The van der Waals surface area contributed by atoms with E-state index in [4.69, 9.17) is 4.74 Å². The molecule has 0 saturated carbocycles. The molecule has 1 aliphatic rings. The van der Waals surface area contributed by atoms with Crippen LogP contribution < -0.4 is 4.74 Å². The maximum absolute atomic E-state index is 5.50. The van der Waals surface area contributed by atoms with Gasteiger partial charge in [0.2, 0.25) is 0 Å². The largest absolute Gasteiger partial charge is 0.496 e. The second kappa shape index (κ2) is 7.97. The van der Waals surface area contributed by atoms with Crippen molar-refractivity contribution in [1.29, 1.82) is 0 Å². The van der Waals surface area contributed by atoms with E-state index in [-0.39, 0.29) is 0 Å². The molecule has 2 heterocycles. The second-order valence-electron chi connectivity index (χ2n) is 7.16. The van der Waals surface area contributed by atoms with Gasteiger partial charge in [0.05, 0.1) is 13.7 Å². The highest BCUT2D eigenvalue weighted by Crippen LogP contribution is 2.28. The van der Waals surface area contributed by atoms with E-state index in [0.29, 0.717) is 5.92 Å². The zero-order valence-electron chi connectivity index (χ0n) is 15.8. The van der Waals surface area contributed by atoms with Crippen molar-refractivity contribution in [2.75, 3.05) is 34.3 Å². The van der Waals surface area contributed by atoms with Crippen LogP contribution in [0.1, 0.15) is 36.0 Å². The molecule has 3 rings (SSSR count). The molecule has 6 nitrogen and oxygen atoms in total. The molecular weight excluding hydrogens is 314 g/mol. The molecule has 1 saturated heterocycles. The van der Waals surface area contributed by atoms with Crippen molar-refractivity contribution in [2.24, 2.45) is 7.05 Å². The van der Waals surface area contributed by atoms with Gasteiger partial charge in [0.15, 0.2) is 0 Å². The van der Waals surface area contributed by atoms with E-state index in [2.05, 4.69) is 57.8 Å². The maximum atomic E-state index is 5.50. The molecule has 6 heteroatoms. The minimum absolute atomic E-state index is 0.442. The van der Waals surface area contributed by atoms with Gasteiger partial charge in [-0.05, 0) is 39.5 Å². The molecule has 0 aliphatic carbocycles. The molecule has 1 aromatic carbocycles. The van der Waals surface area contributed by atoms with Gasteiger partial charge in [-0.2, -0.15) is 0 Å². The van der Waals surface area contributed by atoms with Crippen molar-refractivity contribution in [3.05, 3.63) is 41.5 Å². The average Bonchev–Trinajstić information content (AvgIpc) is 2.96. The summed E-state index contributed by atoms with van der Waals surface area (Å²) in [6.07, 6.45) is 2.37. The van der Waals surface area contributed by atoms with Gasteiger partial charge in [-0.15, -0.1) is 10.2 Å². The van der Waals surface area contributed by atoms with Gasteiger partial charge in [0.25, 0.3) is 0 Å². The topological polar surface area (TPSA) is 46.4 Å². The van der Waals surface area contributed by atoms with Crippen molar-refractivity contribution >= 4 is 0 Å². The first-order chi connectivity index (χ1) is 12.1. The van der Waals surface area contributed by atoms with E-state index >= 15 is 0 Å². The lowest BCUT2D eigenvalue weighted by atomic mass is 9.96. The number of piperidine rings is 1. The van der Waals surface area contributed by atoms with E-state index in [9.17, 15) is 0 Å². The number of hydrogen-bond donors (Lipinski definition) is 0. The van der Waals surface area contributed by atoms with Crippen LogP contribution in [0.15, 0.2) is 24.3 Å². The SMILES string of the molecule is COc1ccccc1CN1CCC[C@H](c2nnc(CN(C)C)n2C)C1. The molecule has 1 aromatic heterocycles. The van der Waals surface area contributed by atoms with Gasteiger partial charge in [-0.1, -0.05) is 18.2 Å². The lowest BCUT2D eigenvalue weighted by molar-refractivity contribution is 0.193. The summed E-state index contributed by atoms with van der Waals surface area (Å²) in [6.45, 7) is 3.88. The monoisotopic (exact) mass is 343 g/mol. The third-order valence-corrected chi connectivity index (χ3v) is 4.91. The first kappa shape index (κ1) is 17.9. The summed E-state index contributed by atoms with van der Waals surface area (Å²) in [5, 5.41) is 8.90. The molecule has 1 fully saturated rings. The Morgan fingerprint density at radius 2 is 2.04 bits per heavy atom. The predicted molar refractivity (Wildman–Crippen MR) is 98.6 cm³/mol. The highest BCUT2D eigenvalue weighted by atomic mass is 16.5. The first-order valence-electron chi connectivity index (χ1n) is 8.95. The van der Waals surface area contributed by atoms with Crippen LogP contribution in [0, 0.1) is 0 Å². The number of nitrogens with zero attached hydrogens (tertiary/aromatic N) is 5. The Bertz CT molecular complexity index is 697. The average molecular weight is 343 g/mol. The Morgan fingerprint density at radius 1 is 1.24 bits per heavy atom. The van der Waals surface area contributed by atoms with Crippen LogP contribution >= 0.6 is 0 Å². The third-order valence-electron chi connectivity index (χ3n) is 4.91. The molecule has 2 aromatic rings. The molecular formula is C19H29N5O. The van der Waals surface area contributed by atoms with Crippen LogP contribution in [-0.4, -0.2) is 58.9 Å². The lowest BCUT2D eigenvalue weighted by Gasteiger charge is -2.32. The summed E-state index contributed by atoms with van der Waals surface area (Å²) < 4.78 is 7.68. The summed E-state index contributed by atoms with van der Waals surface area (Å²) >= 11 is 0. The normalized spacial score (nSPS) is 18.7. The van der Waals surface area contributed by atoms with E-state index in [0.717, 1.165) is 43.6 Å². The summed E-state index contributed by atoms with van der Waals surface area (Å²) in [6, 6.07) is 8.29. The number of rotatable bonds is 6. The number of benzene rings is 1. The molecule has 0 N–H and O–H groups in total. The summed E-state index contributed by atoms with van der Waals surface area (Å²) in [7, 11) is 7.95. The van der Waals surface area contributed by atoms with Crippen LogP contribution in [-0.2, 0) is 20.1 Å². The van der Waals surface area contributed by atoms with Gasteiger partial charge in [0, 0.05) is 31.6 Å². The number of ether oxygens (including phenoxy) is 1. The van der Waals surface area contributed by atoms with Gasteiger partial charge in [-0.3, -0.25) is 4.90 Å². The molecule has 1 aliphatic heterocycles. The van der Waals surface area contributed by atoms with E-state index < -0.39 is 0 Å². The molecule has 136 valence electrons. The Hall–Kier alpha value is -1.92. The first-order valence-corrected chi connectivity index (χ1v) is 8.95. The molecule has 0 spiro atoms. The minimum Gasteiger partial charge on any atom is -0.496 e. The number of hydrogen-bond acceptors (Lipinski definition) is 5. The van der Waals surface area contributed by atoms with Crippen molar-refractivity contribution in [3.63, 3.8) is 0 Å². The molecule has 0 amide bonds. The fourth-order valence-corrected chi connectivity index (χ4v) is 3.64. The fourth-order valence-electron chi connectivity index (χ4n) is 3.64. The van der Waals surface area contributed by atoms with Gasteiger partial charge in [-0.25, -0.2) is 0 Å². The fraction of sp³-hybridized carbons (Fsp3) is 0.579. The molecule has 0 unspecified atom stereocenters. The zero-order chi connectivity index (χ0) is 17.8.